The Hall–Kier alpha value is -0.870. The van der Waals surface area contributed by atoms with E-state index in [2.05, 4.69) is 12.2 Å². The van der Waals surface area contributed by atoms with E-state index in [-0.39, 0.29) is 0 Å². The SMILES string of the molecule is CCCCc1cccc(S(=O)(=O)C2CCC[CH]N2)c1. The van der Waals surface area contributed by atoms with E-state index in [4.69, 9.17) is 0 Å². The van der Waals surface area contributed by atoms with Gasteiger partial charge in [-0.15, -0.1) is 0 Å². The molecule has 0 aromatic heterocycles. The summed E-state index contributed by atoms with van der Waals surface area (Å²) in [5.74, 6) is 0. The van der Waals surface area contributed by atoms with Gasteiger partial charge in [0.25, 0.3) is 0 Å². The molecule has 1 aliphatic rings. The predicted molar refractivity (Wildman–Crippen MR) is 77.3 cm³/mol. The fourth-order valence-electron chi connectivity index (χ4n) is 2.37. The van der Waals surface area contributed by atoms with Crippen LogP contribution in [0.3, 0.4) is 0 Å². The van der Waals surface area contributed by atoms with Crippen molar-refractivity contribution in [2.45, 2.75) is 55.7 Å². The van der Waals surface area contributed by atoms with E-state index >= 15 is 0 Å². The molecule has 1 saturated heterocycles. The van der Waals surface area contributed by atoms with Gasteiger partial charge in [0, 0.05) is 6.54 Å². The molecule has 1 fully saturated rings. The van der Waals surface area contributed by atoms with E-state index in [1.165, 1.54) is 0 Å². The van der Waals surface area contributed by atoms with E-state index < -0.39 is 15.2 Å². The Morgan fingerprint density at radius 2 is 2.21 bits per heavy atom. The van der Waals surface area contributed by atoms with Crippen molar-refractivity contribution in [2.75, 3.05) is 0 Å². The van der Waals surface area contributed by atoms with Crippen LogP contribution in [0.15, 0.2) is 29.2 Å². The zero-order chi connectivity index (χ0) is 13.7. The van der Waals surface area contributed by atoms with E-state index in [1.807, 2.05) is 24.7 Å². The Morgan fingerprint density at radius 1 is 1.37 bits per heavy atom. The molecule has 1 N–H and O–H groups in total. The normalized spacial score (nSPS) is 20.4. The molecule has 0 saturated carbocycles. The maximum Gasteiger partial charge on any atom is 0.194 e. The minimum Gasteiger partial charge on any atom is -0.296 e. The van der Waals surface area contributed by atoms with E-state index in [9.17, 15) is 8.42 Å². The van der Waals surface area contributed by atoms with Crippen molar-refractivity contribution in [3.63, 3.8) is 0 Å². The molecule has 3 nitrogen and oxygen atoms in total. The lowest BCUT2D eigenvalue weighted by molar-refractivity contribution is 0.501. The van der Waals surface area contributed by atoms with Crippen LogP contribution in [-0.4, -0.2) is 13.8 Å². The quantitative estimate of drug-likeness (QED) is 0.901. The number of sulfone groups is 1. The molecule has 0 spiro atoms. The fourth-order valence-corrected chi connectivity index (χ4v) is 4.04. The smallest absolute Gasteiger partial charge is 0.194 e. The van der Waals surface area contributed by atoms with Gasteiger partial charge in [0.05, 0.1) is 4.90 Å². The van der Waals surface area contributed by atoms with E-state index in [0.717, 1.165) is 37.7 Å². The molecule has 1 aromatic rings. The number of aryl methyl sites for hydroxylation is 1. The summed E-state index contributed by atoms with van der Waals surface area (Å²) in [6.45, 7) is 4.01. The van der Waals surface area contributed by atoms with Gasteiger partial charge in [-0.25, -0.2) is 8.42 Å². The topological polar surface area (TPSA) is 46.2 Å². The number of unbranched alkanes of at least 4 members (excludes halogenated alkanes) is 1. The summed E-state index contributed by atoms with van der Waals surface area (Å²) >= 11 is 0. The summed E-state index contributed by atoms with van der Waals surface area (Å²) in [7, 11) is -3.25. The lowest BCUT2D eigenvalue weighted by Crippen LogP contribution is -2.37. The van der Waals surface area contributed by atoms with Gasteiger partial charge in [0.15, 0.2) is 9.84 Å². The highest BCUT2D eigenvalue weighted by molar-refractivity contribution is 7.92. The Labute approximate surface area is 116 Å². The molecule has 105 valence electrons. The molecule has 1 unspecified atom stereocenters. The van der Waals surface area contributed by atoms with Gasteiger partial charge < -0.3 is 0 Å². The van der Waals surface area contributed by atoms with Gasteiger partial charge in [-0.1, -0.05) is 25.5 Å². The first-order valence-corrected chi connectivity index (χ1v) is 8.60. The average Bonchev–Trinajstić information content (AvgIpc) is 2.46. The zero-order valence-electron chi connectivity index (χ0n) is 11.4. The number of piperidine rings is 1. The number of nitrogens with one attached hydrogen (secondary N) is 1. The van der Waals surface area contributed by atoms with Crippen LogP contribution in [0.4, 0.5) is 0 Å². The molecule has 0 amide bonds. The molecule has 1 atom stereocenters. The standard InChI is InChI=1S/C15H22NO2S/c1-2-3-7-13-8-6-9-14(12-13)19(17,18)15-10-4-5-11-16-15/h6,8-9,11-12,15-16H,2-5,7,10H2,1H3. The van der Waals surface area contributed by atoms with Crippen molar-refractivity contribution >= 4 is 9.84 Å². The maximum absolute atomic E-state index is 12.5. The van der Waals surface area contributed by atoms with Gasteiger partial charge >= 0.3 is 0 Å². The van der Waals surface area contributed by atoms with Crippen LogP contribution in [-0.2, 0) is 16.3 Å². The van der Waals surface area contributed by atoms with Crippen LogP contribution in [0.5, 0.6) is 0 Å². The Bertz CT molecular complexity index is 505. The van der Waals surface area contributed by atoms with Crippen LogP contribution in [0, 0.1) is 6.54 Å². The summed E-state index contributed by atoms with van der Waals surface area (Å²) in [5.41, 5.74) is 1.11. The molecule has 1 heterocycles. The number of benzene rings is 1. The van der Waals surface area contributed by atoms with Crippen LogP contribution in [0.25, 0.3) is 0 Å². The monoisotopic (exact) mass is 280 g/mol. The van der Waals surface area contributed by atoms with Crippen LogP contribution in [0.1, 0.15) is 44.6 Å². The predicted octanol–water partition coefficient (Wildman–Crippen LogP) is 3.06. The largest absolute Gasteiger partial charge is 0.296 e. The van der Waals surface area contributed by atoms with Gasteiger partial charge in [-0.2, -0.15) is 0 Å². The number of hydrogen-bond donors (Lipinski definition) is 1. The maximum atomic E-state index is 12.5. The lowest BCUT2D eigenvalue weighted by atomic mass is 10.1. The fraction of sp³-hybridized carbons (Fsp3) is 0.533. The highest BCUT2D eigenvalue weighted by Crippen LogP contribution is 2.23. The minimum absolute atomic E-state index is 0.453. The van der Waals surface area contributed by atoms with Crippen molar-refractivity contribution in [2.24, 2.45) is 0 Å². The highest BCUT2D eigenvalue weighted by Gasteiger charge is 2.28. The molecular weight excluding hydrogens is 258 g/mol. The molecule has 1 radical (unpaired) electrons. The zero-order valence-corrected chi connectivity index (χ0v) is 12.2. The number of hydrogen-bond acceptors (Lipinski definition) is 3. The molecular formula is C15H22NO2S. The summed E-state index contributed by atoms with van der Waals surface area (Å²) < 4.78 is 25.1. The first-order valence-electron chi connectivity index (χ1n) is 7.05. The third-order valence-electron chi connectivity index (χ3n) is 3.54. The Morgan fingerprint density at radius 3 is 2.89 bits per heavy atom. The summed E-state index contributed by atoms with van der Waals surface area (Å²) in [6, 6.07) is 7.40. The second kappa shape index (κ2) is 6.53. The first-order chi connectivity index (χ1) is 9.14. The average molecular weight is 280 g/mol. The van der Waals surface area contributed by atoms with Crippen molar-refractivity contribution in [1.29, 1.82) is 0 Å². The lowest BCUT2D eigenvalue weighted by Gasteiger charge is -2.23. The first kappa shape index (κ1) is 14.5. The van der Waals surface area contributed by atoms with Crippen molar-refractivity contribution in [3.05, 3.63) is 36.4 Å². The van der Waals surface area contributed by atoms with Gasteiger partial charge in [0.1, 0.15) is 5.37 Å². The van der Waals surface area contributed by atoms with Crippen molar-refractivity contribution in [3.8, 4) is 0 Å². The van der Waals surface area contributed by atoms with Crippen LogP contribution < -0.4 is 5.32 Å². The van der Waals surface area contributed by atoms with E-state index in [1.54, 1.807) is 6.07 Å². The van der Waals surface area contributed by atoms with Gasteiger partial charge in [-0.3, -0.25) is 5.32 Å². The van der Waals surface area contributed by atoms with Crippen molar-refractivity contribution < 1.29 is 8.42 Å². The van der Waals surface area contributed by atoms with Crippen LogP contribution >= 0.6 is 0 Å². The number of rotatable bonds is 5. The van der Waals surface area contributed by atoms with Gasteiger partial charge in [-0.05, 0) is 49.8 Å². The van der Waals surface area contributed by atoms with Crippen molar-refractivity contribution in [1.82, 2.24) is 5.32 Å². The molecule has 0 bridgehead atoms. The highest BCUT2D eigenvalue weighted by atomic mass is 32.2. The summed E-state index contributed by atoms with van der Waals surface area (Å²) in [5, 5.41) is 2.55. The Kier molecular flexibility index (Phi) is 4.99. The summed E-state index contributed by atoms with van der Waals surface area (Å²) in [4.78, 5) is 0.453. The Balaban J connectivity index is 2.19. The third kappa shape index (κ3) is 3.57. The molecule has 1 aromatic carbocycles. The third-order valence-corrected chi connectivity index (χ3v) is 5.57. The van der Waals surface area contributed by atoms with Gasteiger partial charge in [0.2, 0.25) is 0 Å². The molecule has 19 heavy (non-hydrogen) atoms. The molecule has 2 rings (SSSR count). The minimum atomic E-state index is -3.25. The van der Waals surface area contributed by atoms with E-state index in [0.29, 0.717) is 11.3 Å². The second-order valence-electron chi connectivity index (χ2n) is 5.09. The summed E-state index contributed by atoms with van der Waals surface area (Å²) in [6.07, 6.45) is 5.74. The second-order valence-corrected chi connectivity index (χ2v) is 7.22. The molecule has 0 aliphatic carbocycles. The molecule has 1 aliphatic heterocycles. The van der Waals surface area contributed by atoms with Crippen LogP contribution in [0.2, 0.25) is 0 Å². The molecule has 4 heteroatoms.